The predicted octanol–water partition coefficient (Wildman–Crippen LogP) is 8.06. The number of nitrogens with zero attached hydrogens (tertiary/aromatic N) is 1. The number of alkyl halides is 8. The van der Waals surface area contributed by atoms with Crippen LogP contribution in [-0.2, 0) is 10.3 Å². The van der Waals surface area contributed by atoms with Gasteiger partial charge in [-0.05, 0) is 35.4 Å². The van der Waals surface area contributed by atoms with Gasteiger partial charge in [0.05, 0.1) is 14.6 Å². The molecule has 0 bridgehead atoms. The van der Waals surface area contributed by atoms with E-state index in [1.165, 1.54) is 18.3 Å². The molecule has 1 aliphatic rings. The molecule has 3 aromatic rings. The quantitative estimate of drug-likeness (QED) is 0.143. The molecule has 4 nitrogen and oxygen atoms in total. The highest BCUT2D eigenvalue weighted by molar-refractivity contribution is 14.1. The normalized spacial score (nSPS) is 20.3. The summed E-state index contributed by atoms with van der Waals surface area (Å²) in [6.45, 7) is 0. The Bertz CT molecular complexity index is 1360. The second-order valence-electron chi connectivity index (χ2n) is 8.74. The van der Waals surface area contributed by atoms with E-state index in [4.69, 9.17) is 11.6 Å². The van der Waals surface area contributed by atoms with Gasteiger partial charge < -0.3 is 10.1 Å². The number of hydrogen-bond donors (Lipinski definition) is 1. The van der Waals surface area contributed by atoms with Gasteiger partial charge in [-0.1, -0.05) is 64.5 Å². The average Bonchev–Trinajstić information content (AvgIpc) is 3.50. The van der Waals surface area contributed by atoms with Crippen molar-refractivity contribution in [1.29, 1.82) is 0 Å². The number of carbonyl (C=O) groups is 1. The van der Waals surface area contributed by atoms with Gasteiger partial charge in [0, 0.05) is 41.3 Å². The highest BCUT2D eigenvalue weighted by Crippen LogP contribution is 2.52. The monoisotopic (exact) mass is 798 g/mol. The molecular weight excluding hydrogens is 783 g/mol. The van der Waals surface area contributed by atoms with Gasteiger partial charge in [0.1, 0.15) is 23.0 Å². The summed E-state index contributed by atoms with van der Waals surface area (Å²) in [5, 5.41) is 2.75. The fraction of sp³-hybridized carbons (Fsp3) is 0.280. The van der Waals surface area contributed by atoms with E-state index < -0.39 is 55.2 Å². The van der Waals surface area contributed by atoms with E-state index in [2.05, 4.69) is 15.0 Å². The Labute approximate surface area is 249 Å². The number of pyridine rings is 1. The van der Waals surface area contributed by atoms with Crippen molar-refractivity contribution in [3.8, 4) is 5.75 Å². The van der Waals surface area contributed by atoms with E-state index in [-0.39, 0.29) is 16.3 Å². The largest absolute Gasteiger partial charge is 0.471 e. The standard InChI is InChI=1S/C25H16ClF7I2N2O2/c26-15-6-7-19(36-12-15)23(20(34)13-4-2-1-3-5-13,37-21(38)18-11-22(18,28)29)14-8-16(27)10-17(9-14)39-25(33,35)24(30,31)32/h1-10,12,18,20H,11H2,(H,37,38)/t18?,20?,23-,25?/m0/s1. The van der Waals surface area contributed by atoms with Crippen molar-refractivity contribution in [1.82, 2.24) is 10.3 Å². The van der Waals surface area contributed by atoms with Crippen LogP contribution in [0, 0.1) is 11.7 Å². The van der Waals surface area contributed by atoms with Crippen molar-refractivity contribution >= 4 is 62.7 Å². The summed E-state index contributed by atoms with van der Waals surface area (Å²) in [5.41, 5.74) is -1.66. The van der Waals surface area contributed by atoms with E-state index in [1.54, 1.807) is 30.3 Å². The Hall–Kier alpha value is -1.88. The van der Waals surface area contributed by atoms with Crippen LogP contribution in [-0.4, -0.2) is 26.9 Å². The fourth-order valence-electron chi connectivity index (χ4n) is 3.94. The smallest absolute Gasteiger partial charge is 0.443 e. The Balaban J connectivity index is 1.96. The van der Waals surface area contributed by atoms with Crippen LogP contribution in [0.1, 0.15) is 27.2 Å². The summed E-state index contributed by atoms with van der Waals surface area (Å²) in [6, 6.07) is 13.4. The molecule has 0 aliphatic heterocycles. The molecule has 1 heterocycles. The first-order valence-electron chi connectivity index (χ1n) is 11.0. The molecule has 1 fully saturated rings. The number of carbonyl (C=O) groups excluding carboxylic acids is 1. The lowest BCUT2D eigenvalue weighted by atomic mass is 9.80. The van der Waals surface area contributed by atoms with Gasteiger partial charge in [-0.2, -0.15) is 17.6 Å². The highest BCUT2D eigenvalue weighted by atomic mass is 127. The zero-order chi connectivity index (χ0) is 28.8. The van der Waals surface area contributed by atoms with Crippen molar-refractivity contribution in [3.05, 3.63) is 94.5 Å². The van der Waals surface area contributed by atoms with Crippen molar-refractivity contribution in [2.45, 2.75) is 31.8 Å². The molecule has 39 heavy (non-hydrogen) atoms. The van der Waals surface area contributed by atoms with Crippen LogP contribution in [0.15, 0.2) is 66.9 Å². The van der Waals surface area contributed by atoms with E-state index in [0.717, 1.165) is 12.1 Å². The highest BCUT2D eigenvalue weighted by Gasteiger charge is 2.63. The Morgan fingerprint density at radius 2 is 1.74 bits per heavy atom. The minimum absolute atomic E-state index is 0.000765. The molecule has 1 aliphatic carbocycles. The van der Waals surface area contributed by atoms with Gasteiger partial charge in [0.15, 0.2) is 0 Å². The van der Waals surface area contributed by atoms with Crippen LogP contribution in [0.2, 0.25) is 5.02 Å². The van der Waals surface area contributed by atoms with Crippen LogP contribution >= 0.6 is 56.8 Å². The number of aromatic nitrogens is 1. The zero-order valence-electron chi connectivity index (χ0n) is 19.3. The Morgan fingerprint density at radius 1 is 1.10 bits per heavy atom. The summed E-state index contributed by atoms with van der Waals surface area (Å²) in [5.74, 6) is -8.05. The molecule has 1 aromatic heterocycles. The lowest BCUT2D eigenvalue weighted by Crippen LogP contribution is -2.51. The fourth-order valence-corrected chi connectivity index (χ4v) is 5.55. The number of halogens is 10. The van der Waals surface area contributed by atoms with E-state index >= 15 is 0 Å². The van der Waals surface area contributed by atoms with Crippen molar-refractivity contribution in [2.24, 2.45) is 5.92 Å². The molecule has 1 N–H and O–H groups in total. The summed E-state index contributed by atoms with van der Waals surface area (Å²) in [6.07, 6.45) is -4.99. The molecule has 208 valence electrons. The third kappa shape index (κ3) is 6.24. The molecule has 4 atom stereocenters. The number of hydrogen-bond acceptors (Lipinski definition) is 3. The van der Waals surface area contributed by atoms with Gasteiger partial charge >= 0.3 is 10.0 Å². The van der Waals surface area contributed by atoms with Crippen molar-refractivity contribution in [3.63, 3.8) is 0 Å². The predicted molar refractivity (Wildman–Crippen MR) is 145 cm³/mol. The number of benzene rings is 2. The van der Waals surface area contributed by atoms with Gasteiger partial charge in [0.2, 0.25) is 5.91 Å². The maximum absolute atomic E-state index is 14.9. The lowest BCUT2D eigenvalue weighted by molar-refractivity contribution is -0.246. The maximum atomic E-state index is 14.9. The van der Waals surface area contributed by atoms with Crippen LogP contribution in [0.3, 0.4) is 0 Å². The second-order valence-corrected chi connectivity index (χ2v) is 11.8. The molecular formula is C25H16ClF7I2N2O2. The van der Waals surface area contributed by atoms with E-state index in [1.807, 2.05) is 22.6 Å². The molecule has 0 saturated heterocycles. The molecule has 3 unspecified atom stereocenters. The van der Waals surface area contributed by atoms with Crippen LogP contribution < -0.4 is 10.1 Å². The third-order valence-corrected chi connectivity index (χ3v) is 8.68. The minimum atomic E-state index is -5.48. The minimum Gasteiger partial charge on any atom is -0.443 e. The molecule has 1 amide bonds. The van der Waals surface area contributed by atoms with Crippen LogP contribution in [0.4, 0.5) is 30.7 Å². The zero-order valence-corrected chi connectivity index (χ0v) is 24.3. The molecule has 4 rings (SSSR count). The second kappa shape index (κ2) is 10.8. The van der Waals surface area contributed by atoms with Crippen molar-refractivity contribution < 1.29 is 40.3 Å². The Kier molecular flexibility index (Phi) is 8.36. The van der Waals surface area contributed by atoms with E-state index in [9.17, 15) is 35.5 Å². The topological polar surface area (TPSA) is 51.2 Å². The summed E-state index contributed by atoms with van der Waals surface area (Å²) in [7, 11) is 0. The summed E-state index contributed by atoms with van der Waals surface area (Å²) < 4.78 is 96.1. The molecule has 0 spiro atoms. The first-order chi connectivity index (χ1) is 18.1. The molecule has 14 heteroatoms. The third-order valence-electron chi connectivity index (χ3n) is 5.97. The van der Waals surface area contributed by atoms with Crippen LogP contribution in [0.5, 0.6) is 5.75 Å². The van der Waals surface area contributed by atoms with Gasteiger partial charge in [-0.3, -0.25) is 9.78 Å². The first-order valence-corrected chi connectivity index (χ1v) is 13.7. The van der Waals surface area contributed by atoms with Gasteiger partial charge in [-0.15, -0.1) is 0 Å². The Morgan fingerprint density at radius 3 is 2.28 bits per heavy atom. The lowest BCUT2D eigenvalue weighted by Gasteiger charge is -2.40. The maximum Gasteiger partial charge on any atom is 0.471 e. The molecule has 1 saturated carbocycles. The first kappa shape index (κ1) is 30.1. The van der Waals surface area contributed by atoms with Crippen LogP contribution in [0.25, 0.3) is 0 Å². The SMILES string of the molecule is O=C(N[C@@](c1cc(F)cc(OC(F)(I)C(F)(F)F)c1)(c1ccc(Cl)cn1)C(I)c1ccccc1)C1CC1(F)F. The summed E-state index contributed by atoms with van der Waals surface area (Å²) in [4.78, 5) is 17.4. The van der Waals surface area contributed by atoms with Gasteiger partial charge in [-0.25, -0.2) is 13.2 Å². The molecule has 0 radical (unpaired) electrons. The number of rotatable bonds is 8. The summed E-state index contributed by atoms with van der Waals surface area (Å²) >= 11 is 8.28. The van der Waals surface area contributed by atoms with Crippen molar-refractivity contribution in [2.75, 3.05) is 0 Å². The number of ether oxygens (including phenoxy) is 1. The average molecular weight is 799 g/mol. The number of amides is 1. The van der Waals surface area contributed by atoms with E-state index in [0.29, 0.717) is 34.2 Å². The molecule has 2 aromatic carbocycles. The van der Waals surface area contributed by atoms with Gasteiger partial charge in [0.25, 0.3) is 5.92 Å². The number of nitrogens with one attached hydrogen (secondary N) is 1.